The zero-order valence-electron chi connectivity index (χ0n) is 13.2. The summed E-state index contributed by atoms with van der Waals surface area (Å²) in [6.07, 6.45) is 3.22. The average Bonchev–Trinajstić information content (AvgIpc) is 3.01. The molecule has 0 fully saturated rings. The van der Waals surface area contributed by atoms with E-state index < -0.39 is 0 Å². The third kappa shape index (κ3) is 3.35. The predicted molar refractivity (Wildman–Crippen MR) is 96.2 cm³/mol. The van der Waals surface area contributed by atoms with Crippen molar-refractivity contribution in [1.29, 1.82) is 0 Å². The minimum absolute atomic E-state index is 0.211. The highest BCUT2D eigenvalue weighted by Gasteiger charge is 2.22. The molecule has 21 heavy (non-hydrogen) atoms. The lowest BCUT2D eigenvalue weighted by atomic mass is 9.91. The van der Waals surface area contributed by atoms with E-state index in [0.717, 1.165) is 25.0 Å². The number of ether oxygens (including phenoxy) is 1. The van der Waals surface area contributed by atoms with Crippen LogP contribution in [0.15, 0.2) is 23.6 Å². The second-order valence-electron chi connectivity index (χ2n) is 5.10. The average molecular weight is 367 g/mol. The lowest BCUT2D eigenvalue weighted by molar-refractivity contribution is 0.413. The molecule has 1 heterocycles. The van der Waals surface area contributed by atoms with Gasteiger partial charge in [-0.3, -0.25) is 0 Å². The van der Waals surface area contributed by atoms with Crippen LogP contribution in [0.5, 0.6) is 5.75 Å². The zero-order chi connectivity index (χ0) is 15.4. The number of rotatable bonds is 6. The molecule has 1 atom stereocenters. The van der Waals surface area contributed by atoms with E-state index >= 15 is 0 Å². The van der Waals surface area contributed by atoms with Gasteiger partial charge < -0.3 is 4.74 Å². The Bertz CT molecular complexity index is 578. The van der Waals surface area contributed by atoms with Gasteiger partial charge in [0.2, 0.25) is 0 Å². The van der Waals surface area contributed by atoms with Crippen LogP contribution in [0.1, 0.15) is 52.7 Å². The van der Waals surface area contributed by atoms with Gasteiger partial charge in [-0.05, 0) is 53.0 Å². The minimum Gasteiger partial charge on any atom is -0.496 e. The quantitative estimate of drug-likeness (QED) is 0.575. The van der Waals surface area contributed by atoms with Crippen LogP contribution in [0, 0.1) is 0 Å². The Labute approximate surface area is 140 Å². The van der Waals surface area contributed by atoms with E-state index in [1.807, 2.05) is 6.07 Å². The van der Waals surface area contributed by atoms with Gasteiger partial charge in [-0.15, -0.1) is 11.3 Å². The molecule has 0 bridgehead atoms. The Morgan fingerprint density at radius 2 is 1.71 bits per heavy atom. The van der Waals surface area contributed by atoms with Crippen molar-refractivity contribution >= 4 is 27.3 Å². The number of alkyl halides is 1. The molecular formula is C18H23BrOS. The molecule has 0 aliphatic rings. The van der Waals surface area contributed by atoms with Crippen LogP contribution in [0.3, 0.4) is 0 Å². The van der Waals surface area contributed by atoms with Gasteiger partial charge >= 0.3 is 0 Å². The van der Waals surface area contributed by atoms with Gasteiger partial charge in [-0.25, -0.2) is 0 Å². The third-order valence-corrected chi connectivity index (χ3v) is 6.12. The molecule has 0 saturated carbocycles. The van der Waals surface area contributed by atoms with Gasteiger partial charge in [0.15, 0.2) is 0 Å². The van der Waals surface area contributed by atoms with Gasteiger partial charge in [-0.2, -0.15) is 0 Å². The summed E-state index contributed by atoms with van der Waals surface area (Å²) in [7, 11) is 1.74. The van der Waals surface area contributed by atoms with E-state index in [1.54, 1.807) is 18.4 Å². The first-order valence-corrected chi connectivity index (χ1v) is 9.35. The van der Waals surface area contributed by atoms with Gasteiger partial charge in [0.25, 0.3) is 0 Å². The number of aryl methyl sites for hydroxylation is 3. The van der Waals surface area contributed by atoms with Gasteiger partial charge in [-0.1, -0.05) is 48.8 Å². The summed E-state index contributed by atoms with van der Waals surface area (Å²) in [5.41, 5.74) is 5.76. The normalized spacial score (nSPS) is 12.4. The second-order valence-corrected chi connectivity index (χ2v) is 6.97. The Morgan fingerprint density at radius 1 is 1.10 bits per heavy atom. The Morgan fingerprint density at radius 3 is 2.19 bits per heavy atom. The van der Waals surface area contributed by atoms with Gasteiger partial charge in [0.05, 0.1) is 16.8 Å². The molecule has 0 saturated heterocycles. The first-order valence-electron chi connectivity index (χ1n) is 7.56. The topological polar surface area (TPSA) is 9.23 Å². The molecule has 3 heteroatoms. The molecule has 0 amide bonds. The summed E-state index contributed by atoms with van der Waals surface area (Å²) in [5.74, 6) is 0.977. The van der Waals surface area contributed by atoms with Gasteiger partial charge in [0.1, 0.15) is 5.75 Å². The van der Waals surface area contributed by atoms with E-state index in [1.165, 1.54) is 27.1 Å². The first kappa shape index (κ1) is 16.6. The third-order valence-electron chi connectivity index (χ3n) is 3.94. The number of benzene rings is 1. The van der Waals surface area contributed by atoms with E-state index in [2.05, 4.69) is 54.2 Å². The highest BCUT2D eigenvalue weighted by molar-refractivity contribution is 9.09. The lowest BCUT2D eigenvalue weighted by Crippen LogP contribution is -2.04. The maximum Gasteiger partial charge on any atom is 0.134 e. The standard InChI is InChI=1S/C18H23BrOS/c1-5-12-10-13(6-2)16(14(7-3)11-12)17(19)18-15(20-4)8-9-21-18/h8-11,17H,5-7H2,1-4H3. The summed E-state index contributed by atoms with van der Waals surface area (Å²) in [4.78, 5) is 1.47. The number of methoxy groups -OCH3 is 1. The monoisotopic (exact) mass is 366 g/mol. The van der Waals surface area contributed by atoms with Crippen LogP contribution in [0.25, 0.3) is 0 Å². The SMILES string of the molecule is CCc1cc(CC)c(C(Br)c2sccc2OC)c(CC)c1. The number of hydrogen-bond donors (Lipinski definition) is 0. The van der Waals surface area contributed by atoms with Crippen molar-refractivity contribution in [3.05, 3.63) is 50.7 Å². The molecule has 1 nitrogen and oxygen atoms in total. The van der Waals surface area contributed by atoms with Crippen molar-refractivity contribution in [1.82, 2.24) is 0 Å². The van der Waals surface area contributed by atoms with Crippen LogP contribution in [0.4, 0.5) is 0 Å². The molecule has 1 unspecified atom stereocenters. The van der Waals surface area contributed by atoms with Crippen molar-refractivity contribution in [2.45, 2.75) is 44.9 Å². The molecular weight excluding hydrogens is 344 g/mol. The first-order chi connectivity index (χ1) is 10.2. The molecule has 0 radical (unpaired) electrons. The van der Waals surface area contributed by atoms with Crippen molar-refractivity contribution < 1.29 is 4.74 Å². The van der Waals surface area contributed by atoms with E-state index in [4.69, 9.17) is 4.74 Å². The highest BCUT2D eigenvalue weighted by Crippen LogP contribution is 2.43. The van der Waals surface area contributed by atoms with E-state index in [-0.39, 0.29) is 4.83 Å². The van der Waals surface area contributed by atoms with Crippen LogP contribution in [0.2, 0.25) is 0 Å². The molecule has 2 rings (SSSR count). The Balaban J connectivity index is 2.56. The van der Waals surface area contributed by atoms with Crippen molar-refractivity contribution in [3.8, 4) is 5.75 Å². The summed E-state index contributed by atoms with van der Waals surface area (Å²) in [5, 5.41) is 2.10. The summed E-state index contributed by atoms with van der Waals surface area (Å²) < 4.78 is 5.50. The molecule has 114 valence electrons. The van der Waals surface area contributed by atoms with Crippen LogP contribution in [-0.4, -0.2) is 7.11 Å². The van der Waals surface area contributed by atoms with Crippen molar-refractivity contribution in [2.75, 3.05) is 7.11 Å². The fourth-order valence-electron chi connectivity index (χ4n) is 2.76. The summed E-state index contributed by atoms with van der Waals surface area (Å²) >= 11 is 5.68. The van der Waals surface area contributed by atoms with E-state index in [9.17, 15) is 0 Å². The maximum absolute atomic E-state index is 5.50. The largest absolute Gasteiger partial charge is 0.496 e. The van der Waals surface area contributed by atoms with Crippen LogP contribution >= 0.6 is 27.3 Å². The molecule has 0 N–H and O–H groups in total. The minimum atomic E-state index is 0.211. The smallest absolute Gasteiger partial charge is 0.134 e. The van der Waals surface area contributed by atoms with Crippen LogP contribution < -0.4 is 4.74 Å². The second kappa shape index (κ2) is 7.46. The fourth-order valence-corrected chi connectivity index (χ4v) is 4.74. The maximum atomic E-state index is 5.50. The molecule has 0 aliphatic heterocycles. The highest BCUT2D eigenvalue weighted by atomic mass is 79.9. The number of thiophene rings is 1. The number of halogens is 1. The Kier molecular flexibility index (Phi) is 5.88. The summed E-state index contributed by atoms with van der Waals surface area (Å²) in [6.45, 7) is 6.70. The van der Waals surface area contributed by atoms with Crippen LogP contribution in [-0.2, 0) is 19.3 Å². The zero-order valence-corrected chi connectivity index (χ0v) is 15.6. The summed E-state index contributed by atoms with van der Waals surface area (Å²) in [6, 6.07) is 6.78. The lowest BCUT2D eigenvalue weighted by Gasteiger charge is -2.20. The fraction of sp³-hybridized carbons (Fsp3) is 0.444. The Hall–Kier alpha value is -0.800. The molecule has 0 spiro atoms. The molecule has 2 aromatic rings. The molecule has 1 aromatic carbocycles. The predicted octanol–water partition coefficient (Wildman–Crippen LogP) is 5.93. The van der Waals surface area contributed by atoms with Crippen molar-refractivity contribution in [3.63, 3.8) is 0 Å². The molecule has 0 aliphatic carbocycles. The van der Waals surface area contributed by atoms with E-state index in [0.29, 0.717) is 0 Å². The van der Waals surface area contributed by atoms with Gasteiger partial charge in [0, 0.05) is 0 Å². The molecule has 1 aromatic heterocycles. The van der Waals surface area contributed by atoms with Crippen molar-refractivity contribution in [2.24, 2.45) is 0 Å². The number of hydrogen-bond acceptors (Lipinski definition) is 2.